The van der Waals surface area contributed by atoms with E-state index in [1.54, 1.807) is 0 Å². The number of rotatable bonds is 3. The molecule has 0 aromatic heterocycles. The number of hydrogen-bond acceptors (Lipinski definition) is 3. The standard InChI is InChI=1S/C10H11BrClNO3S/c1-6(2)13-10(14)7-3-4-8(11)9(5-7)17(12,15)16/h3-6H,1-2H3,(H,13,14). The van der Waals surface area contributed by atoms with E-state index in [0.29, 0.717) is 4.47 Å². The number of benzene rings is 1. The van der Waals surface area contributed by atoms with Gasteiger partial charge in [-0.3, -0.25) is 4.79 Å². The molecule has 0 aliphatic rings. The fourth-order valence-corrected chi connectivity index (χ4v) is 3.29. The minimum absolute atomic E-state index is 0.0257. The summed E-state index contributed by atoms with van der Waals surface area (Å²) in [5.41, 5.74) is 0.251. The molecular formula is C10H11BrClNO3S. The molecule has 0 unspecified atom stereocenters. The lowest BCUT2D eigenvalue weighted by molar-refractivity contribution is 0.0943. The lowest BCUT2D eigenvalue weighted by Crippen LogP contribution is -2.30. The summed E-state index contributed by atoms with van der Waals surface area (Å²) >= 11 is 3.07. The molecule has 0 heterocycles. The van der Waals surface area contributed by atoms with Crippen LogP contribution in [0.25, 0.3) is 0 Å². The first-order valence-electron chi connectivity index (χ1n) is 4.77. The second-order valence-corrected chi connectivity index (χ2v) is 7.10. The predicted octanol–water partition coefficient (Wildman–Crippen LogP) is 2.51. The van der Waals surface area contributed by atoms with Crippen LogP contribution >= 0.6 is 26.6 Å². The SMILES string of the molecule is CC(C)NC(=O)c1ccc(Br)c(S(=O)(=O)Cl)c1. The second-order valence-electron chi connectivity index (χ2n) is 3.71. The minimum atomic E-state index is -3.87. The Morgan fingerprint density at radius 1 is 1.41 bits per heavy atom. The molecule has 17 heavy (non-hydrogen) atoms. The highest BCUT2D eigenvalue weighted by Crippen LogP contribution is 2.26. The Bertz CT molecular complexity index is 542. The third-order valence-electron chi connectivity index (χ3n) is 1.88. The van der Waals surface area contributed by atoms with Gasteiger partial charge < -0.3 is 5.32 Å². The zero-order valence-corrected chi connectivity index (χ0v) is 12.4. The number of nitrogens with one attached hydrogen (secondary N) is 1. The summed E-state index contributed by atoms with van der Waals surface area (Å²) < 4.78 is 22.8. The van der Waals surface area contributed by atoms with Crippen molar-refractivity contribution in [3.05, 3.63) is 28.2 Å². The molecule has 0 saturated carbocycles. The Morgan fingerprint density at radius 3 is 2.47 bits per heavy atom. The molecule has 0 atom stereocenters. The van der Waals surface area contributed by atoms with Gasteiger partial charge in [0.15, 0.2) is 0 Å². The van der Waals surface area contributed by atoms with Crippen LogP contribution in [0.4, 0.5) is 0 Å². The highest BCUT2D eigenvalue weighted by Gasteiger charge is 2.17. The smallest absolute Gasteiger partial charge is 0.262 e. The van der Waals surface area contributed by atoms with Crippen molar-refractivity contribution in [1.29, 1.82) is 0 Å². The molecule has 1 aromatic rings. The molecule has 0 spiro atoms. The zero-order valence-electron chi connectivity index (χ0n) is 9.20. The summed E-state index contributed by atoms with van der Waals surface area (Å²) in [6.07, 6.45) is 0. The first-order chi connectivity index (χ1) is 7.71. The van der Waals surface area contributed by atoms with Gasteiger partial charge in [-0.05, 0) is 48.0 Å². The van der Waals surface area contributed by atoms with E-state index < -0.39 is 9.05 Å². The Balaban J connectivity index is 3.18. The van der Waals surface area contributed by atoms with Gasteiger partial charge in [-0.15, -0.1) is 0 Å². The van der Waals surface area contributed by atoms with Crippen LogP contribution < -0.4 is 5.32 Å². The Hall–Kier alpha value is -0.590. The fraction of sp³-hybridized carbons (Fsp3) is 0.300. The van der Waals surface area contributed by atoms with Gasteiger partial charge in [-0.1, -0.05) is 0 Å². The third-order valence-corrected chi connectivity index (χ3v) is 4.19. The maximum Gasteiger partial charge on any atom is 0.262 e. The van der Waals surface area contributed by atoms with Crippen molar-refractivity contribution in [3.8, 4) is 0 Å². The number of carbonyl (C=O) groups excluding carboxylic acids is 1. The summed E-state index contributed by atoms with van der Waals surface area (Å²) in [5, 5.41) is 2.67. The van der Waals surface area contributed by atoms with Crippen molar-refractivity contribution in [2.45, 2.75) is 24.8 Å². The molecule has 1 rings (SSSR count). The van der Waals surface area contributed by atoms with E-state index in [-0.39, 0.29) is 22.4 Å². The zero-order chi connectivity index (χ0) is 13.2. The van der Waals surface area contributed by atoms with E-state index in [1.807, 2.05) is 13.8 Å². The van der Waals surface area contributed by atoms with Crippen LogP contribution in [0.2, 0.25) is 0 Å². The molecule has 0 aliphatic carbocycles. The van der Waals surface area contributed by atoms with Crippen LogP contribution in [0.5, 0.6) is 0 Å². The highest BCUT2D eigenvalue weighted by atomic mass is 79.9. The molecule has 94 valence electrons. The average molecular weight is 341 g/mol. The average Bonchev–Trinajstić information content (AvgIpc) is 2.15. The molecule has 0 aliphatic heterocycles. The van der Waals surface area contributed by atoms with Crippen molar-refractivity contribution < 1.29 is 13.2 Å². The fourth-order valence-electron chi connectivity index (χ4n) is 1.18. The molecular weight excluding hydrogens is 330 g/mol. The molecule has 1 aromatic carbocycles. The van der Waals surface area contributed by atoms with Gasteiger partial charge in [-0.2, -0.15) is 0 Å². The second kappa shape index (κ2) is 5.37. The van der Waals surface area contributed by atoms with E-state index in [1.165, 1.54) is 18.2 Å². The predicted molar refractivity (Wildman–Crippen MR) is 69.8 cm³/mol. The van der Waals surface area contributed by atoms with E-state index in [2.05, 4.69) is 21.2 Å². The maximum absolute atomic E-state index is 11.7. The molecule has 4 nitrogen and oxygen atoms in total. The van der Waals surface area contributed by atoms with Gasteiger partial charge in [0.1, 0.15) is 0 Å². The van der Waals surface area contributed by atoms with Crippen molar-refractivity contribution >= 4 is 41.6 Å². The van der Waals surface area contributed by atoms with Crippen LogP contribution in [0.1, 0.15) is 24.2 Å². The quantitative estimate of drug-likeness (QED) is 0.860. The Labute approximate surface area is 113 Å². The van der Waals surface area contributed by atoms with Gasteiger partial charge in [0.25, 0.3) is 15.0 Å². The van der Waals surface area contributed by atoms with Crippen molar-refractivity contribution in [2.75, 3.05) is 0 Å². The van der Waals surface area contributed by atoms with Gasteiger partial charge in [0.2, 0.25) is 0 Å². The summed E-state index contributed by atoms with van der Waals surface area (Å²) in [5.74, 6) is -0.339. The van der Waals surface area contributed by atoms with Crippen molar-refractivity contribution in [2.24, 2.45) is 0 Å². The molecule has 0 bridgehead atoms. The number of hydrogen-bond donors (Lipinski definition) is 1. The van der Waals surface area contributed by atoms with Gasteiger partial charge >= 0.3 is 0 Å². The van der Waals surface area contributed by atoms with Crippen LogP contribution in [0.3, 0.4) is 0 Å². The van der Waals surface area contributed by atoms with Crippen LogP contribution in [-0.2, 0) is 9.05 Å². The molecule has 1 N–H and O–H groups in total. The lowest BCUT2D eigenvalue weighted by Gasteiger charge is -2.09. The van der Waals surface area contributed by atoms with E-state index in [9.17, 15) is 13.2 Å². The molecule has 0 fully saturated rings. The van der Waals surface area contributed by atoms with E-state index in [0.717, 1.165) is 0 Å². The van der Waals surface area contributed by atoms with Crippen molar-refractivity contribution in [3.63, 3.8) is 0 Å². The van der Waals surface area contributed by atoms with Crippen LogP contribution in [-0.4, -0.2) is 20.4 Å². The summed E-state index contributed by atoms with van der Waals surface area (Å²) in [7, 11) is 1.38. The number of amides is 1. The largest absolute Gasteiger partial charge is 0.350 e. The molecule has 0 saturated heterocycles. The van der Waals surface area contributed by atoms with Crippen molar-refractivity contribution in [1.82, 2.24) is 5.32 Å². The number of halogens is 2. The van der Waals surface area contributed by atoms with Crippen LogP contribution in [0, 0.1) is 0 Å². The summed E-state index contributed by atoms with van der Waals surface area (Å²) in [6, 6.07) is 4.21. The molecule has 0 radical (unpaired) electrons. The van der Waals surface area contributed by atoms with Gasteiger partial charge in [0, 0.05) is 26.8 Å². The summed E-state index contributed by atoms with van der Waals surface area (Å²) in [6.45, 7) is 3.63. The number of carbonyl (C=O) groups is 1. The van der Waals surface area contributed by atoms with Crippen LogP contribution in [0.15, 0.2) is 27.6 Å². The Morgan fingerprint density at radius 2 is 2.00 bits per heavy atom. The minimum Gasteiger partial charge on any atom is -0.350 e. The topological polar surface area (TPSA) is 63.2 Å². The van der Waals surface area contributed by atoms with Gasteiger partial charge in [0.05, 0.1) is 4.90 Å². The maximum atomic E-state index is 11.7. The lowest BCUT2D eigenvalue weighted by atomic mass is 10.2. The molecule has 1 amide bonds. The first-order valence-corrected chi connectivity index (χ1v) is 7.87. The summed E-state index contributed by atoms with van der Waals surface area (Å²) in [4.78, 5) is 11.6. The normalized spacial score (nSPS) is 11.6. The highest BCUT2D eigenvalue weighted by molar-refractivity contribution is 9.10. The van der Waals surface area contributed by atoms with Gasteiger partial charge in [-0.25, -0.2) is 8.42 Å². The third kappa shape index (κ3) is 3.97. The monoisotopic (exact) mass is 339 g/mol. The molecule has 7 heteroatoms. The Kier molecular flexibility index (Phi) is 4.57. The van der Waals surface area contributed by atoms with E-state index >= 15 is 0 Å². The first kappa shape index (κ1) is 14.5. The van der Waals surface area contributed by atoms with E-state index in [4.69, 9.17) is 10.7 Å².